The van der Waals surface area contributed by atoms with Crippen LogP contribution in [0.1, 0.15) is 31.2 Å². The zero-order chi connectivity index (χ0) is 22.4. The molecule has 0 saturated heterocycles. The van der Waals surface area contributed by atoms with Gasteiger partial charge in [-0.1, -0.05) is 12.1 Å². The molecule has 1 saturated carbocycles. The van der Waals surface area contributed by atoms with E-state index in [1.807, 2.05) is 5.32 Å². The van der Waals surface area contributed by atoms with Gasteiger partial charge in [0.15, 0.2) is 0 Å². The molecule has 1 fully saturated rings. The predicted octanol–water partition coefficient (Wildman–Crippen LogP) is 0.919. The number of amides is 3. The molecule has 0 bridgehead atoms. The maximum Gasteiger partial charge on any atom is 0.411 e. The summed E-state index contributed by atoms with van der Waals surface area (Å²) in [5.74, 6) is -2.70. The molecule has 5 N–H and O–H groups in total. The Morgan fingerprint density at radius 1 is 1.10 bits per heavy atom. The SMILES string of the molecule is NCCNC(=O)[C@H](CC(=O)NC1(C(F)(F)F)CC1)NC(=O)CCc1ccc(F)cc1. The number of aryl methyl sites for hydroxylation is 1. The van der Waals surface area contributed by atoms with E-state index < -0.39 is 47.7 Å². The maximum absolute atomic E-state index is 13.0. The third kappa shape index (κ3) is 6.68. The van der Waals surface area contributed by atoms with E-state index in [1.165, 1.54) is 24.3 Å². The average molecular weight is 432 g/mol. The Hall–Kier alpha value is -2.69. The first-order valence-corrected chi connectivity index (χ1v) is 9.45. The van der Waals surface area contributed by atoms with E-state index in [9.17, 15) is 31.9 Å². The van der Waals surface area contributed by atoms with Gasteiger partial charge >= 0.3 is 6.18 Å². The van der Waals surface area contributed by atoms with Crippen molar-refractivity contribution in [2.75, 3.05) is 13.1 Å². The zero-order valence-corrected chi connectivity index (χ0v) is 16.2. The van der Waals surface area contributed by atoms with Crippen molar-refractivity contribution in [1.29, 1.82) is 0 Å². The van der Waals surface area contributed by atoms with Gasteiger partial charge in [0.2, 0.25) is 17.7 Å². The van der Waals surface area contributed by atoms with Gasteiger partial charge in [0.25, 0.3) is 0 Å². The van der Waals surface area contributed by atoms with Crippen molar-refractivity contribution in [2.45, 2.75) is 49.9 Å². The van der Waals surface area contributed by atoms with Gasteiger partial charge in [0.05, 0.1) is 6.42 Å². The molecule has 0 spiro atoms. The molecule has 0 aromatic heterocycles. The number of alkyl halides is 3. The van der Waals surface area contributed by atoms with Crippen LogP contribution in [0.2, 0.25) is 0 Å². The van der Waals surface area contributed by atoms with E-state index in [0.29, 0.717) is 5.56 Å². The third-order valence-electron chi connectivity index (χ3n) is 4.71. The molecule has 1 aromatic rings. The lowest BCUT2D eigenvalue weighted by Gasteiger charge is -2.23. The molecular formula is C19H24F4N4O3. The second-order valence-electron chi connectivity index (χ2n) is 7.16. The Morgan fingerprint density at radius 3 is 2.27 bits per heavy atom. The number of carbonyl (C=O) groups is 3. The van der Waals surface area contributed by atoms with Crippen LogP contribution in [0.4, 0.5) is 17.6 Å². The molecule has 0 unspecified atom stereocenters. The summed E-state index contributed by atoms with van der Waals surface area (Å²) >= 11 is 0. The Bertz CT molecular complexity index is 764. The average Bonchev–Trinajstić information content (AvgIpc) is 3.45. The monoisotopic (exact) mass is 432 g/mol. The molecular weight excluding hydrogens is 408 g/mol. The standard InChI is InChI=1S/C19H24F4N4O3/c20-13-4-1-12(2-5-13)3-6-15(28)26-14(17(30)25-10-9-24)11-16(29)27-18(7-8-18)19(21,22)23/h1-2,4-5,14H,3,6-11,24H2,(H,25,30)(H,26,28)(H,27,29)/t14-/m0/s1. The van der Waals surface area contributed by atoms with Crippen molar-refractivity contribution in [2.24, 2.45) is 5.73 Å². The predicted molar refractivity (Wildman–Crippen MR) is 99.5 cm³/mol. The maximum atomic E-state index is 13.0. The van der Waals surface area contributed by atoms with E-state index in [2.05, 4.69) is 10.6 Å². The lowest BCUT2D eigenvalue weighted by molar-refractivity contribution is -0.170. The second kappa shape index (κ2) is 9.88. The van der Waals surface area contributed by atoms with Crippen LogP contribution in [0, 0.1) is 5.82 Å². The fraction of sp³-hybridized carbons (Fsp3) is 0.526. The molecule has 30 heavy (non-hydrogen) atoms. The first-order valence-electron chi connectivity index (χ1n) is 9.45. The molecule has 7 nitrogen and oxygen atoms in total. The fourth-order valence-corrected chi connectivity index (χ4v) is 2.81. The van der Waals surface area contributed by atoms with E-state index >= 15 is 0 Å². The van der Waals surface area contributed by atoms with Crippen LogP contribution in [0.5, 0.6) is 0 Å². The second-order valence-corrected chi connectivity index (χ2v) is 7.16. The van der Waals surface area contributed by atoms with Gasteiger partial charge < -0.3 is 21.7 Å². The molecule has 11 heteroatoms. The summed E-state index contributed by atoms with van der Waals surface area (Å²) in [6, 6.07) is 4.16. The highest BCUT2D eigenvalue weighted by molar-refractivity contribution is 5.92. The zero-order valence-electron chi connectivity index (χ0n) is 16.2. The molecule has 1 aromatic carbocycles. The number of benzene rings is 1. The molecule has 2 rings (SSSR count). The van der Waals surface area contributed by atoms with Crippen LogP contribution in [0.25, 0.3) is 0 Å². The van der Waals surface area contributed by atoms with Crippen LogP contribution >= 0.6 is 0 Å². The minimum absolute atomic E-state index is 0.0551. The van der Waals surface area contributed by atoms with Crippen molar-refractivity contribution in [3.8, 4) is 0 Å². The highest BCUT2D eigenvalue weighted by atomic mass is 19.4. The lowest BCUT2D eigenvalue weighted by Crippen LogP contribution is -2.53. The summed E-state index contributed by atoms with van der Waals surface area (Å²) in [7, 11) is 0. The largest absolute Gasteiger partial charge is 0.411 e. The van der Waals surface area contributed by atoms with Crippen molar-refractivity contribution < 1.29 is 31.9 Å². The van der Waals surface area contributed by atoms with Crippen LogP contribution in [-0.2, 0) is 20.8 Å². The molecule has 3 amide bonds. The normalized spacial score (nSPS) is 15.8. The lowest BCUT2D eigenvalue weighted by atomic mass is 10.1. The van der Waals surface area contributed by atoms with Gasteiger partial charge in [0, 0.05) is 19.5 Å². The van der Waals surface area contributed by atoms with E-state index in [-0.39, 0.29) is 38.8 Å². The summed E-state index contributed by atoms with van der Waals surface area (Å²) in [5, 5.41) is 6.71. The number of nitrogens with one attached hydrogen (secondary N) is 3. The number of hydrogen-bond donors (Lipinski definition) is 4. The first kappa shape index (κ1) is 23.6. The molecule has 1 aliphatic rings. The Labute approximate surface area is 170 Å². The van der Waals surface area contributed by atoms with Crippen LogP contribution in [0.15, 0.2) is 24.3 Å². The number of carbonyl (C=O) groups excluding carboxylic acids is 3. The Kier molecular flexibility index (Phi) is 7.77. The van der Waals surface area contributed by atoms with Crippen LogP contribution < -0.4 is 21.7 Å². The molecule has 166 valence electrons. The summed E-state index contributed by atoms with van der Waals surface area (Å²) in [6.07, 6.45) is -5.48. The van der Waals surface area contributed by atoms with E-state index in [4.69, 9.17) is 5.73 Å². The van der Waals surface area contributed by atoms with Crippen molar-refractivity contribution in [3.05, 3.63) is 35.6 Å². The van der Waals surface area contributed by atoms with Crippen molar-refractivity contribution in [3.63, 3.8) is 0 Å². The highest BCUT2D eigenvalue weighted by Crippen LogP contribution is 2.48. The molecule has 1 aliphatic carbocycles. The van der Waals surface area contributed by atoms with Crippen LogP contribution in [0.3, 0.4) is 0 Å². The summed E-state index contributed by atoms with van der Waals surface area (Å²) < 4.78 is 52.0. The minimum Gasteiger partial charge on any atom is -0.353 e. The van der Waals surface area contributed by atoms with Crippen molar-refractivity contribution in [1.82, 2.24) is 16.0 Å². The summed E-state index contributed by atoms with van der Waals surface area (Å²) in [5.41, 5.74) is 3.74. The van der Waals surface area contributed by atoms with E-state index in [1.54, 1.807) is 0 Å². The first-order chi connectivity index (χ1) is 14.1. The van der Waals surface area contributed by atoms with Crippen molar-refractivity contribution >= 4 is 17.7 Å². The smallest absolute Gasteiger partial charge is 0.353 e. The number of halogens is 4. The molecule has 0 heterocycles. The molecule has 1 atom stereocenters. The fourth-order valence-electron chi connectivity index (χ4n) is 2.81. The minimum atomic E-state index is -4.58. The highest BCUT2D eigenvalue weighted by Gasteiger charge is 2.64. The van der Waals surface area contributed by atoms with Gasteiger partial charge in [-0.25, -0.2) is 4.39 Å². The van der Waals surface area contributed by atoms with Gasteiger partial charge in [-0.2, -0.15) is 13.2 Å². The van der Waals surface area contributed by atoms with Gasteiger partial charge in [0.1, 0.15) is 17.4 Å². The quantitative estimate of drug-likeness (QED) is 0.412. The van der Waals surface area contributed by atoms with E-state index in [0.717, 1.165) is 0 Å². The molecule has 0 radical (unpaired) electrons. The summed E-state index contributed by atoms with van der Waals surface area (Å²) in [6.45, 7) is 0.190. The topological polar surface area (TPSA) is 113 Å². The number of hydrogen-bond acceptors (Lipinski definition) is 4. The van der Waals surface area contributed by atoms with Gasteiger partial charge in [-0.15, -0.1) is 0 Å². The Morgan fingerprint density at radius 2 is 1.73 bits per heavy atom. The number of rotatable bonds is 10. The third-order valence-corrected chi connectivity index (χ3v) is 4.71. The number of nitrogens with two attached hydrogens (primary N) is 1. The van der Waals surface area contributed by atoms with Gasteiger partial charge in [-0.3, -0.25) is 14.4 Å². The van der Waals surface area contributed by atoms with Gasteiger partial charge in [-0.05, 0) is 37.0 Å². The Balaban J connectivity index is 1.94. The summed E-state index contributed by atoms with van der Waals surface area (Å²) in [4.78, 5) is 36.6. The molecule has 0 aliphatic heterocycles. The van der Waals surface area contributed by atoms with Crippen LogP contribution in [-0.4, -0.2) is 48.6 Å².